The van der Waals surface area contributed by atoms with Crippen LogP contribution in [0.15, 0.2) is 24.3 Å². The second-order valence-corrected chi connectivity index (χ2v) is 6.19. The first kappa shape index (κ1) is 17.4. The molecule has 0 amide bonds. The molecule has 0 aliphatic carbocycles. The van der Waals surface area contributed by atoms with Crippen LogP contribution in [0.2, 0.25) is 0 Å². The second kappa shape index (κ2) is 8.13. The highest BCUT2D eigenvalue weighted by atomic mass is 16.5. The van der Waals surface area contributed by atoms with Gasteiger partial charge >= 0.3 is 0 Å². The third kappa shape index (κ3) is 4.58. The third-order valence-corrected chi connectivity index (χ3v) is 4.29. The molecule has 7 heteroatoms. The Morgan fingerprint density at radius 3 is 2.88 bits per heavy atom. The maximum absolute atomic E-state index is 5.50. The Hall–Kier alpha value is -2.38. The van der Waals surface area contributed by atoms with Gasteiger partial charge in [0.2, 0.25) is 5.95 Å². The van der Waals surface area contributed by atoms with Gasteiger partial charge in [0.05, 0.1) is 7.11 Å². The van der Waals surface area contributed by atoms with Gasteiger partial charge in [-0.15, -0.1) is 0 Å². The summed E-state index contributed by atoms with van der Waals surface area (Å²) in [5.41, 5.74) is 2.96. The van der Waals surface area contributed by atoms with Crippen LogP contribution >= 0.6 is 0 Å². The van der Waals surface area contributed by atoms with Gasteiger partial charge in [-0.2, -0.15) is 4.98 Å². The van der Waals surface area contributed by atoms with E-state index < -0.39 is 0 Å². The van der Waals surface area contributed by atoms with Crippen LogP contribution in [-0.4, -0.2) is 43.3 Å². The Labute approximate surface area is 148 Å². The Morgan fingerprint density at radius 1 is 1.28 bits per heavy atom. The van der Waals surface area contributed by atoms with Crippen molar-refractivity contribution in [3.8, 4) is 5.75 Å². The molecule has 7 nitrogen and oxygen atoms in total. The van der Waals surface area contributed by atoms with Crippen molar-refractivity contribution >= 4 is 17.5 Å². The van der Waals surface area contributed by atoms with Crippen LogP contribution in [-0.2, 0) is 6.54 Å². The molecule has 1 saturated heterocycles. The van der Waals surface area contributed by atoms with E-state index in [2.05, 4.69) is 37.3 Å². The number of aryl methyl sites for hydroxylation is 1. The zero-order chi connectivity index (χ0) is 17.6. The number of benzene rings is 1. The van der Waals surface area contributed by atoms with E-state index in [1.807, 2.05) is 32.2 Å². The van der Waals surface area contributed by atoms with Crippen LogP contribution in [0.3, 0.4) is 0 Å². The molecule has 0 unspecified atom stereocenters. The lowest BCUT2D eigenvalue weighted by atomic mass is 10.1. The summed E-state index contributed by atoms with van der Waals surface area (Å²) in [7, 11) is 3.55. The highest BCUT2D eigenvalue weighted by molar-refractivity contribution is 5.58. The smallest absolute Gasteiger partial charge is 0.229 e. The molecule has 134 valence electrons. The van der Waals surface area contributed by atoms with Crippen molar-refractivity contribution in [1.82, 2.24) is 20.6 Å². The Balaban J connectivity index is 1.75. The molecule has 25 heavy (non-hydrogen) atoms. The minimum Gasteiger partial charge on any atom is -0.496 e. The van der Waals surface area contributed by atoms with Crippen LogP contribution in [0.25, 0.3) is 0 Å². The molecule has 0 saturated carbocycles. The maximum atomic E-state index is 5.50. The summed E-state index contributed by atoms with van der Waals surface area (Å²) in [5.74, 6) is 2.25. The van der Waals surface area contributed by atoms with Gasteiger partial charge in [0.25, 0.3) is 0 Å². The van der Waals surface area contributed by atoms with Crippen molar-refractivity contribution in [2.75, 3.05) is 37.9 Å². The summed E-state index contributed by atoms with van der Waals surface area (Å²) < 4.78 is 5.50. The van der Waals surface area contributed by atoms with Gasteiger partial charge in [-0.3, -0.25) is 0 Å². The van der Waals surface area contributed by atoms with E-state index in [1.54, 1.807) is 7.11 Å². The average molecular weight is 342 g/mol. The van der Waals surface area contributed by atoms with E-state index in [9.17, 15) is 0 Å². The van der Waals surface area contributed by atoms with Crippen LogP contribution in [0, 0.1) is 6.92 Å². The molecule has 0 radical (unpaired) electrons. The van der Waals surface area contributed by atoms with E-state index in [4.69, 9.17) is 4.74 Å². The predicted molar refractivity (Wildman–Crippen MR) is 101 cm³/mol. The third-order valence-electron chi connectivity index (χ3n) is 4.29. The summed E-state index contributed by atoms with van der Waals surface area (Å²) in [6.45, 7) is 4.81. The quantitative estimate of drug-likeness (QED) is 0.613. The minimum atomic E-state index is 0.514. The minimum absolute atomic E-state index is 0.514. The van der Waals surface area contributed by atoms with Gasteiger partial charge in [0.15, 0.2) is 0 Å². The first-order chi connectivity index (χ1) is 12.2. The normalized spacial score (nSPS) is 16.7. The Bertz CT molecular complexity index is 715. The molecular formula is C18H26N6O. The van der Waals surface area contributed by atoms with Crippen molar-refractivity contribution in [2.45, 2.75) is 25.9 Å². The van der Waals surface area contributed by atoms with Crippen molar-refractivity contribution < 1.29 is 4.74 Å². The molecule has 0 bridgehead atoms. The number of hydrogen-bond donors (Lipinski definition) is 4. The highest BCUT2D eigenvalue weighted by Gasteiger charge is 2.14. The molecular weight excluding hydrogens is 316 g/mol. The fraction of sp³-hybridized carbons (Fsp3) is 0.444. The van der Waals surface area contributed by atoms with Gasteiger partial charge in [0, 0.05) is 49.2 Å². The molecule has 2 aromatic rings. The predicted octanol–water partition coefficient (Wildman–Crippen LogP) is 2.03. The summed E-state index contributed by atoms with van der Waals surface area (Å²) in [6, 6.07) is 8.45. The number of methoxy groups -OCH3 is 1. The number of nitrogens with one attached hydrogen (secondary N) is 4. The van der Waals surface area contributed by atoms with E-state index in [1.165, 1.54) is 0 Å². The van der Waals surface area contributed by atoms with Gasteiger partial charge in [-0.25, -0.2) is 4.98 Å². The number of anilines is 3. The molecule has 0 spiro atoms. The second-order valence-electron chi connectivity index (χ2n) is 6.19. The van der Waals surface area contributed by atoms with Crippen molar-refractivity contribution in [2.24, 2.45) is 0 Å². The van der Waals surface area contributed by atoms with Crippen LogP contribution in [0.1, 0.15) is 17.7 Å². The number of hydrogen-bond acceptors (Lipinski definition) is 7. The monoisotopic (exact) mass is 342 g/mol. The Morgan fingerprint density at radius 2 is 2.16 bits per heavy atom. The SMILES string of the molecule is CNc1cc(C)nc(Nc2ccc(OC)c(CN[C@@H]3CCNC3)c2)n1. The standard InChI is InChI=1S/C18H26N6O/c1-12-8-17(19-2)24-18(22-12)23-14-4-5-16(25-3)13(9-14)10-21-15-6-7-20-11-15/h4-5,8-9,15,20-21H,6-7,10-11H2,1-3H3,(H2,19,22,23,24)/t15-/m1/s1. The number of rotatable bonds is 7. The molecule has 3 rings (SSSR count). The lowest BCUT2D eigenvalue weighted by molar-refractivity contribution is 0.405. The molecule has 1 aromatic heterocycles. The Kier molecular flexibility index (Phi) is 5.67. The first-order valence-electron chi connectivity index (χ1n) is 8.59. The topological polar surface area (TPSA) is 83.1 Å². The number of nitrogens with zero attached hydrogens (tertiary/aromatic N) is 2. The van der Waals surface area contributed by atoms with Gasteiger partial charge < -0.3 is 26.0 Å². The van der Waals surface area contributed by atoms with Gasteiger partial charge in [0.1, 0.15) is 11.6 Å². The summed E-state index contributed by atoms with van der Waals surface area (Å²) in [5, 5.41) is 13.3. The fourth-order valence-electron chi connectivity index (χ4n) is 2.96. The van der Waals surface area contributed by atoms with Crippen molar-refractivity contribution in [1.29, 1.82) is 0 Å². The molecule has 1 aromatic carbocycles. The summed E-state index contributed by atoms with van der Waals surface area (Å²) in [6.07, 6.45) is 1.16. The van der Waals surface area contributed by atoms with E-state index in [-0.39, 0.29) is 0 Å². The van der Waals surface area contributed by atoms with Gasteiger partial charge in [-0.05, 0) is 38.1 Å². The van der Waals surface area contributed by atoms with E-state index >= 15 is 0 Å². The average Bonchev–Trinajstić information content (AvgIpc) is 3.13. The largest absolute Gasteiger partial charge is 0.496 e. The molecule has 1 aliphatic heterocycles. The zero-order valence-corrected chi connectivity index (χ0v) is 15.0. The molecule has 1 fully saturated rings. The lowest BCUT2D eigenvalue weighted by Crippen LogP contribution is -2.30. The van der Waals surface area contributed by atoms with Crippen LogP contribution in [0.4, 0.5) is 17.5 Å². The van der Waals surface area contributed by atoms with Crippen molar-refractivity contribution in [3.05, 3.63) is 35.5 Å². The van der Waals surface area contributed by atoms with E-state index in [0.29, 0.717) is 12.0 Å². The fourth-order valence-corrected chi connectivity index (χ4v) is 2.96. The highest BCUT2D eigenvalue weighted by Crippen LogP contribution is 2.25. The number of aromatic nitrogens is 2. The first-order valence-corrected chi connectivity index (χ1v) is 8.59. The van der Waals surface area contributed by atoms with E-state index in [0.717, 1.165) is 54.6 Å². The zero-order valence-electron chi connectivity index (χ0n) is 15.0. The van der Waals surface area contributed by atoms with Crippen LogP contribution < -0.4 is 26.0 Å². The number of ether oxygens (including phenoxy) is 1. The van der Waals surface area contributed by atoms with Crippen molar-refractivity contribution in [3.63, 3.8) is 0 Å². The summed E-state index contributed by atoms with van der Waals surface area (Å²) >= 11 is 0. The summed E-state index contributed by atoms with van der Waals surface area (Å²) in [4.78, 5) is 8.88. The molecule has 2 heterocycles. The molecule has 1 aliphatic rings. The van der Waals surface area contributed by atoms with Crippen LogP contribution in [0.5, 0.6) is 5.75 Å². The lowest BCUT2D eigenvalue weighted by Gasteiger charge is -2.15. The maximum Gasteiger partial charge on any atom is 0.229 e. The molecule has 1 atom stereocenters. The molecule has 4 N–H and O–H groups in total. The van der Waals surface area contributed by atoms with Gasteiger partial charge in [-0.1, -0.05) is 0 Å².